The molecule has 0 bridgehead atoms. The van der Waals surface area contributed by atoms with Gasteiger partial charge in [-0.05, 0) is 51.5 Å². The lowest BCUT2D eigenvalue weighted by Gasteiger charge is -2.37. The molecule has 3 heteroatoms. The molecule has 0 aliphatic rings. The first-order chi connectivity index (χ1) is 10.0. The summed E-state index contributed by atoms with van der Waals surface area (Å²) in [5, 5.41) is 0. The zero-order valence-corrected chi connectivity index (χ0v) is 14.5. The molecule has 2 unspecified atom stereocenters. The van der Waals surface area contributed by atoms with Crippen molar-refractivity contribution in [2.75, 3.05) is 33.7 Å². The van der Waals surface area contributed by atoms with Gasteiger partial charge >= 0.3 is 0 Å². The maximum absolute atomic E-state index is 6.50. The van der Waals surface area contributed by atoms with Gasteiger partial charge in [0, 0.05) is 19.1 Å². The van der Waals surface area contributed by atoms with Crippen LogP contribution in [-0.2, 0) is 0 Å². The van der Waals surface area contributed by atoms with E-state index in [4.69, 9.17) is 5.73 Å². The summed E-state index contributed by atoms with van der Waals surface area (Å²) in [6.45, 7) is 9.86. The molecule has 3 nitrogen and oxygen atoms in total. The van der Waals surface area contributed by atoms with E-state index in [0.717, 1.165) is 32.5 Å². The molecule has 1 aromatic carbocycles. The van der Waals surface area contributed by atoms with Gasteiger partial charge in [-0.15, -0.1) is 0 Å². The Labute approximate surface area is 131 Å². The molecule has 1 aromatic rings. The second-order valence-corrected chi connectivity index (χ2v) is 6.21. The Hall–Kier alpha value is -0.900. The predicted octanol–water partition coefficient (Wildman–Crippen LogP) is 3.05. The normalized spacial score (nSPS) is 14.7. The second kappa shape index (κ2) is 9.19. The first kappa shape index (κ1) is 18.1. The van der Waals surface area contributed by atoms with Crippen LogP contribution < -0.4 is 5.73 Å². The minimum atomic E-state index is 0.180. The molecule has 120 valence electrons. The van der Waals surface area contributed by atoms with Crippen LogP contribution in [0.15, 0.2) is 24.3 Å². The van der Waals surface area contributed by atoms with Crippen LogP contribution in [-0.4, -0.2) is 49.6 Å². The third-order valence-electron chi connectivity index (χ3n) is 4.12. The number of benzene rings is 1. The summed E-state index contributed by atoms with van der Waals surface area (Å²) in [6, 6.07) is 9.18. The number of nitrogens with zero attached hydrogens (tertiary/aromatic N) is 2. The molecule has 0 saturated carbocycles. The van der Waals surface area contributed by atoms with Gasteiger partial charge in [0.2, 0.25) is 0 Å². The van der Waals surface area contributed by atoms with E-state index in [1.54, 1.807) is 0 Å². The Morgan fingerprint density at radius 2 is 1.71 bits per heavy atom. The van der Waals surface area contributed by atoms with Crippen molar-refractivity contribution in [2.24, 2.45) is 5.73 Å². The number of aryl methyl sites for hydroxylation is 1. The van der Waals surface area contributed by atoms with Crippen molar-refractivity contribution in [3.05, 3.63) is 35.4 Å². The fourth-order valence-electron chi connectivity index (χ4n) is 2.85. The summed E-state index contributed by atoms with van der Waals surface area (Å²) in [5.74, 6) is 0. The highest BCUT2D eigenvalue weighted by Crippen LogP contribution is 2.27. The highest BCUT2D eigenvalue weighted by Gasteiger charge is 2.26. The van der Waals surface area contributed by atoms with Crippen LogP contribution in [0.1, 0.15) is 43.9 Å². The van der Waals surface area contributed by atoms with E-state index in [0.29, 0.717) is 6.04 Å². The molecule has 2 N–H and O–H groups in total. The van der Waals surface area contributed by atoms with Crippen LogP contribution in [0.25, 0.3) is 0 Å². The van der Waals surface area contributed by atoms with Crippen LogP contribution >= 0.6 is 0 Å². The van der Waals surface area contributed by atoms with Crippen LogP contribution in [0.3, 0.4) is 0 Å². The molecular formula is C18H33N3. The third-order valence-corrected chi connectivity index (χ3v) is 4.12. The van der Waals surface area contributed by atoms with Crippen LogP contribution in [0.5, 0.6) is 0 Å². The Kier molecular flexibility index (Phi) is 7.94. The third kappa shape index (κ3) is 5.42. The molecule has 0 aromatic heterocycles. The molecule has 2 atom stereocenters. The monoisotopic (exact) mass is 291 g/mol. The molecule has 0 radical (unpaired) electrons. The largest absolute Gasteiger partial charge is 0.326 e. The van der Waals surface area contributed by atoms with E-state index < -0.39 is 0 Å². The number of hydrogen-bond donors (Lipinski definition) is 1. The second-order valence-electron chi connectivity index (χ2n) is 6.21. The highest BCUT2D eigenvalue weighted by atomic mass is 15.2. The van der Waals surface area contributed by atoms with Gasteiger partial charge in [0.15, 0.2) is 0 Å². The zero-order chi connectivity index (χ0) is 15.8. The fourth-order valence-corrected chi connectivity index (χ4v) is 2.85. The van der Waals surface area contributed by atoms with Gasteiger partial charge < -0.3 is 10.6 Å². The van der Waals surface area contributed by atoms with E-state index in [1.807, 2.05) is 0 Å². The van der Waals surface area contributed by atoms with Gasteiger partial charge in [-0.25, -0.2) is 0 Å². The molecular weight excluding hydrogens is 258 g/mol. The molecule has 0 spiro atoms. The number of hydrogen-bond acceptors (Lipinski definition) is 3. The minimum Gasteiger partial charge on any atom is -0.326 e. The summed E-state index contributed by atoms with van der Waals surface area (Å²) in [5.41, 5.74) is 9.23. The predicted molar refractivity (Wildman–Crippen MR) is 92.6 cm³/mol. The van der Waals surface area contributed by atoms with Crippen LogP contribution in [0, 0.1) is 6.92 Å². The van der Waals surface area contributed by atoms with Gasteiger partial charge in [0.05, 0.1) is 6.04 Å². The lowest BCUT2D eigenvalue weighted by molar-refractivity contribution is 0.154. The van der Waals surface area contributed by atoms with Crippen molar-refractivity contribution < 1.29 is 0 Å². The summed E-state index contributed by atoms with van der Waals surface area (Å²) in [7, 11) is 4.26. The van der Waals surface area contributed by atoms with E-state index in [-0.39, 0.29) is 6.04 Å². The van der Waals surface area contributed by atoms with Crippen molar-refractivity contribution in [2.45, 2.75) is 45.7 Å². The molecule has 0 saturated heterocycles. The van der Waals surface area contributed by atoms with Gasteiger partial charge in [0.25, 0.3) is 0 Å². The zero-order valence-electron chi connectivity index (χ0n) is 14.5. The van der Waals surface area contributed by atoms with E-state index in [2.05, 4.69) is 68.9 Å². The Morgan fingerprint density at radius 1 is 1.05 bits per heavy atom. The summed E-state index contributed by atoms with van der Waals surface area (Å²) in [6.07, 6.45) is 2.16. The maximum atomic E-state index is 6.50. The van der Waals surface area contributed by atoms with Gasteiger partial charge in [-0.2, -0.15) is 0 Å². The van der Waals surface area contributed by atoms with Crippen molar-refractivity contribution in [3.8, 4) is 0 Å². The van der Waals surface area contributed by atoms with E-state index in [9.17, 15) is 0 Å². The van der Waals surface area contributed by atoms with Crippen molar-refractivity contribution in [1.82, 2.24) is 9.80 Å². The van der Waals surface area contributed by atoms with Gasteiger partial charge in [-0.1, -0.05) is 38.1 Å². The quantitative estimate of drug-likeness (QED) is 0.759. The summed E-state index contributed by atoms with van der Waals surface area (Å²) < 4.78 is 0. The first-order valence-electron chi connectivity index (χ1n) is 8.21. The first-order valence-corrected chi connectivity index (χ1v) is 8.21. The molecule has 0 amide bonds. The number of nitrogens with two attached hydrogens (primary N) is 1. The lowest BCUT2D eigenvalue weighted by Crippen LogP contribution is -2.44. The lowest BCUT2D eigenvalue weighted by atomic mass is 9.92. The Balaban J connectivity index is 3.05. The molecule has 21 heavy (non-hydrogen) atoms. The molecule has 0 fully saturated rings. The van der Waals surface area contributed by atoms with E-state index >= 15 is 0 Å². The fraction of sp³-hybridized carbons (Fsp3) is 0.667. The van der Waals surface area contributed by atoms with Gasteiger partial charge in [0.1, 0.15) is 0 Å². The summed E-state index contributed by atoms with van der Waals surface area (Å²) >= 11 is 0. The number of likely N-dealkylation sites (N-methyl/N-ethyl adjacent to an activating group) is 1. The van der Waals surface area contributed by atoms with Crippen molar-refractivity contribution in [3.63, 3.8) is 0 Å². The molecule has 0 aliphatic carbocycles. The van der Waals surface area contributed by atoms with Gasteiger partial charge in [-0.3, -0.25) is 4.90 Å². The SMILES string of the molecule is CCCN(CCN(C)C)C(c1ccccc1C)C(N)CC. The highest BCUT2D eigenvalue weighted by molar-refractivity contribution is 5.30. The van der Waals surface area contributed by atoms with Crippen molar-refractivity contribution in [1.29, 1.82) is 0 Å². The van der Waals surface area contributed by atoms with E-state index in [1.165, 1.54) is 11.1 Å². The minimum absolute atomic E-state index is 0.180. The molecule has 0 aliphatic heterocycles. The topological polar surface area (TPSA) is 32.5 Å². The van der Waals surface area contributed by atoms with Crippen molar-refractivity contribution >= 4 is 0 Å². The summed E-state index contributed by atoms with van der Waals surface area (Å²) in [4.78, 5) is 4.81. The van der Waals surface area contributed by atoms with Crippen LogP contribution in [0.2, 0.25) is 0 Å². The number of rotatable bonds is 9. The molecule has 0 heterocycles. The molecule has 1 rings (SSSR count). The average molecular weight is 291 g/mol. The standard InChI is InChI=1S/C18H33N3/c1-6-12-21(14-13-20(4)5)18(17(19)7-2)16-11-9-8-10-15(16)3/h8-11,17-18H,6-7,12-14,19H2,1-5H3. The Morgan fingerprint density at radius 3 is 2.24 bits per heavy atom. The smallest absolute Gasteiger partial charge is 0.0502 e. The Bertz CT molecular complexity index is 403. The van der Waals surface area contributed by atoms with Crippen LogP contribution in [0.4, 0.5) is 0 Å². The maximum Gasteiger partial charge on any atom is 0.0502 e. The average Bonchev–Trinajstić information content (AvgIpc) is 2.46.